The normalized spacial score (nSPS) is 11.9. The molecule has 0 saturated carbocycles. The summed E-state index contributed by atoms with van der Waals surface area (Å²) >= 11 is 4.74. The second-order valence-corrected chi connectivity index (χ2v) is 10.8. The quantitative estimate of drug-likeness (QED) is 0.126. The third-order valence-electron chi connectivity index (χ3n) is 5.41. The number of rotatable bonds is 10. The van der Waals surface area contributed by atoms with E-state index in [9.17, 15) is 9.59 Å². The predicted octanol–water partition coefficient (Wildman–Crippen LogP) is 4.74. The molecule has 0 fully saturated rings. The number of pyridine rings is 2. The number of thioether (sulfide) groups is 1. The topological polar surface area (TPSA) is 70.6 Å². The Bertz CT molecular complexity index is 1410. The van der Waals surface area contributed by atoms with E-state index in [-0.39, 0.29) is 11.8 Å². The van der Waals surface area contributed by atoms with Crippen molar-refractivity contribution in [3.63, 3.8) is 0 Å². The number of carbonyl (C=O) groups is 2. The molecule has 1 atom stereocenters. The number of thiophene rings is 2. The van der Waals surface area contributed by atoms with Crippen LogP contribution in [0.1, 0.15) is 26.3 Å². The molecule has 5 aromatic heterocycles. The fourth-order valence-corrected chi connectivity index (χ4v) is 5.88. The van der Waals surface area contributed by atoms with Crippen LogP contribution in [0.15, 0.2) is 95.0 Å². The smallest absolute Gasteiger partial charge is 0.247 e. The van der Waals surface area contributed by atoms with Crippen molar-refractivity contribution in [2.75, 3.05) is 0 Å². The number of Topliss-reactive ketones (excluding diaryl/α,β-unsaturated/α-hetero) is 1. The second kappa shape index (κ2) is 10.9. The summed E-state index contributed by atoms with van der Waals surface area (Å²) in [6.07, 6.45) is 8.70. The predicted molar refractivity (Wildman–Crippen MR) is 138 cm³/mol. The lowest BCUT2D eigenvalue weighted by molar-refractivity contribution is -0.698. The molecule has 0 radical (unpaired) electrons. The lowest BCUT2D eigenvalue weighted by Gasteiger charge is -2.04. The number of carbonyl (C=O) groups excluding carboxylic acids is 2. The van der Waals surface area contributed by atoms with Crippen LogP contribution in [0.3, 0.4) is 0 Å². The van der Waals surface area contributed by atoms with Crippen molar-refractivity contribution in [3.8, 4) is 11.3 Å². The fraction of sp³-hybridized carbons (Fsp3) is 0.115. The van der Waals surface area contributed by atoms with E-state index >= 15 is 0 Å². The van der Waals surface area contributed by atoms with E-state index in [0.29, 0.717) is 6.54 Å². The zero-order chi connectivity index (χ0) is 24.0. The van der Waals surface area contributed by atoms with Crippen molar-refractivity contribution >= 4 is 46.5 Å². The van der Waals surface area contributed by atoms with Gasteiger partial charge in [-0.15, -0.1) is 34.4 Å². The van der Waals surface area contributed by atoms with Crippen LogP contribution in [-0.2, 0) is 17.1 Å². The van der Waals surface area contributed by atoms with Gasteiger partial charge in [-0.2, -0.15) is 14.2 Å². The number of hydrogen-bond donors (Lipinski definition) is 1. The Balaban J connectivity index is 1.21. The fourth-order valence-electron chi connectivity index (χ4n) is 3.65. The van der Waals surface area contributed by atoms with Crippen molar-refractivity contribution in [3.05, 3.63) is 106 Å². The zero-order valence-electron chi connectivity index (χ0n) is 18.6. The SMILES string of the molecule is O=CC(c1cccs1)[n+]1ccc(SCc2cc(-c3ccc[n+](CC(=O)c4cccs4)c3)n[nH]2)cc1. The van der Waals surface area contributed by atoms with Gasteiger partial charge in [0.05, 0.1) is 21.0 Å². The molecule has 0 aliphatic rings. The molecule has 1 N–H and O–H groups in total. The van der Waals surface area contributed by atoms with Gasteiger partial charge in [0.1, 0.15) is 0 Å². The zero-order valence-corrected chi connectivity index (χ0v) is 21.1. The van der Waals surface area contributed by atoms with Crippen LogP contribution >= 0.6 is 34.4 Å². The average Bonchev–Trinajstić information content (AvgIpc) is 3.68. The highest BCUT2D eigenvalue weighted by atomic mass is 32.2. The molecule has 5 aromatic rings. The number of H-pyrrole nitrogens is 1. The van der Waals surface area contributed by atoms with E-state index in [1.54, 1.807) is 23.1 Å². The molecule has 0 bridgehead atoms. The third-order valence-corrected chi connectivity index (χ3v) is 8.32. The van der Waals surface area contributed by atoms with Gasteiger partial charge in [-0.25, -0.2) is 0 Å². The molecule has 35 heavy (non-hydrogen) atoms. The molecule has 0 saturated heterocycles. The summed E-state index contributed by atoms with van der Waals surface area (Å²) in [6.45, 7) is 0.299. The van der Waals surface area contributed by atoms with Crippen LogP contribution in [0, 0.1) is 0 Å². The van der Waals surface area contributed by atoms with Gasteiger partial charge in [-0.1, -0.05) is 12.1 Å². The van der Waals surface area contributed by atoms with Crippen LogP contribution in [0.4, 0.5) is 0 Å². The molecule has 0 spiro atoms. The van der Waals surface area contributed by atoms with Gasteiger partial charge < -0.3 is 0 Å². The van der Waals surface area contributed by atoms with Crippen molar-refractivity contribution in [1.29, 1.82) is 0 Å². The molecule has 1 unspecified atom stereocenters. The number of aldehydes is 1. The summed E-state index contributed by atoms with van der Waals surface area (Å²) in [7, 11) is 0. The maximum atomic E-state index is 12.4. The van der Waals surface area contributed by atoms with Crippen LogP contribution < -0.4 is 9.13 Å². The van der Waals surface area contributed by atoms with Gasteiger partial charge in [-0.3, -0.25) is 14.7 Å². The Morgan fingerprint density at radius 3 is 2.63 bits per heavy atom. The molecule has 0 aliphatic carbocycles. The molecule has 0 aliphatic heterocycles. The van der Waals surface area contributed by atoms with Gasteiger partial charge in [0.2, 0.25) is 18.4 Å². The number of nitrogens with zero attached hydrogens (tertiary/aromatic N) is 3. The number of aromatic nitrogens is 4. The van der Waals surface area contributed by atoms with Crippen LogP contribution in [0.2, 0.25) is 0 Å². The van der Waals surface area contributed by atoms with E-state index in [1.165, 1.54) is 11.3 Å². The monoisotopic (exact) mass is 518 g/mol. The lowest BCUT2D eigenvalue weighted by atomic mass is 10.2. The number of ketones is 1. The molecular formula is C26H22N4O2S3+2. The van der Waals surface area contributed by atoms with E-state index in [1.807, 2.05) is 99.3 Å². The van der Waals surface area contributed by atoms with Crippen molar-refractivity contribution in [2.24, 2.45) is 0 Å². The largest absolute Gasteiger partial charge is 0.295 e. The minimum Gasteiger partial charge on any atom is -0.295 e. The molecule has 174 valence electrons. The highest BCUT2D eigenvalue weighted by Crippen LogP contribution is 2.24. The van der Waals surface area contributed by atoms with E-state index in [0.717, 1.165) is 43.6 Å². The Labute approximate surface area is 214 Å². The summed E-state index contributed by atoms with van der Waals surface area (Å²) in [5, 5.41) is 11.5. The van der Waals surface area contributed by atoms with Crippen molar-refractivity contribution in [1.82, 2.24) is 10.2 Å². The van der Waals surface area contributed by atoms with Gasteiger partial charge in [0.15, 0.2) is 31.1 Å². The van der Waals surface area contributed by atoms with E-state index < -0.39 is 0 Å². The molecule has 6 nitrogen and oxygen atoms in total. The molecular weight excluding hydrogens is 497 g/mol. The highest BCUT2D eigenvalue weighted by molar-refractivity contribution is 7.98. The summed E-state index contributed by atoms with van der Waals surface area (Å²) in [4.78, 5) is 26.9. The van der Waals surface area contributed by atoms with Gasteiger partial charge in [-0.05, 0) is 35.0 Å². The van der Waals surface area contributed by atoms with Crippen LogP contribution in [0.5, 0.6) is 0 Å². The first-order valence-electron chi connectivity index (χ1n) is 10.9. The summed E-state index contributed by atoms with van der Waals surface area (Å²) in [5.41, 5.74) is 2.80. The highest BCUT2D eigenvalue weighted by Gasteiger charge is 2.21. The summed E-state index contributed by atoms with van der Waals surface area (Å²) in [6, 6.07) is 17.4. The Morgan fingerprint density at radius 2 is 1.89 bits per heavy atom. The Hall–Kier alpha value is -3.40. The van der Waals surface area contributed by atoms with Gasteiger partial charge in [0, 0.05) is 34.5 Å². The maximum absolute atomic E-state index is 12.4. The van der Waals surface area contributed by atoms with Crippen molar-refractivity contribution in [2.45, 2.75) is 23.2 Å². The molecule has 5 rings (SSSR count). The van der Waals surface area contributed by atoms with E-state index in [4.69, 9.17) is 0 Å². The molecule has 0 aromatic carbocycles. The standard InChI is InChI=1S/C26H22N4O2S3/c31-17-23(25-5-2-12-33-25)30-10-7-21(8-11-30)35-18-20-14-22(28-27-20)19-4-1-9-29(15-19)16-24(32)26-6-3-13-34-26/h1-15,17,23H,16,18H2,(H,27,28)/q+2. The van der Waals surface area contributed by atoms with E-state index in [2.05, 4.69) is 10.2 Å². The molecule has 9 heteroatoms. The van der Waals surface area contributed by atoms with Gasteiger partial charge >= 0.3 is 0 Å². The minimum absolute atomic E-state index is 0.0975. The van der Waals surface area contributed by atoms with Crippen LogP contribution in [-0.4, -0.2) is 22.3 Å². The molecule has 0 amide bonds. The first-order chi connectivity index (χ1) is 17.2. The number of hydrogen-bond acceptors (Lipinski definition) is 6. The molecule has 5 heterocycles. The maximum Gasteiger partial charge on any atom is 0.247 e. The third kappa shape index (κ3) is 5.64. The second-order valence-electron chi connectivity index (χ2n) is 7.81. The lowest BCUT2D eigenvalue weighted by Crippen LogP contribution is -2.39. The Morgan fingerprint density at radius 1 is 1.06 bits per heavy atom. The Kier molecular flexibility index (Phi) is 7.27. The summed E-state index contributed by atoms with van der Waals surface area (Å²) < 4.78 is 3.81. The number of aromatic amines is 1. The average molecular weight is 519 g/mol. The minimum atomic E-state index is -0.293. The first-order valence-corrected chi connectivity index (χ1v) is 13.7. The van der Waals surface area contributed by atoms with Gasteiger partial charge in [0.25, 0.3) is 0 Å². The van der Waals surface area contributed by atoms with Crippen LogP contribution in [0.25, 0.3) is 11.3 Å². The summed E-state index contributed by atoms with van der Waals surface area (Å²) in [5.74, 6) is 0.836. The van der Waals surface area contributed by atoms with Crippen molar-refractivity contribution < 1.29 is 18.7 Å². The number of nitrogens with one attached hydrogen (secondary N) is 1. The first kappa shape index (κ1) is 23.3.